The second-order valence-corrected chi connectivity index (χ2v) is 8.24. The van der Waals surface area contributed by atoms with Crippen LogP contribution < -0.4 is 4.90 Å². The first-order valence-electron chi connectivity index (χ1n) is 10.4. The van der Waals surface area contributed by atoms with Gasteiger partial charge in [-0.25, -0.2) is 4.98 Å². The molecule has 0 bridgehead atoms. The Morgan fingerprint density at radius 2 is 1.77 bits per heavy atom. The van der Waals surface area contributed by atoms with Crippen molar-refractivity contribution in [3.05, 3.63) is 89.3 Å². The van der Waals surface area contributed by atoms with E-state index in [9.17, 15) is 4.79 Å². The number of anilines is 1. The lowest BCUT2D eigenvalue weighted by atomic mass is 10.1. The minimum atomic E-state index is 0.0715. The number of piperazine rings is 1. The van der Waals surface area contributed by atoms with Crippen molar-refractivity contribution in [2.45, 2.75) is 6.92 Å². The van der Waals surface area contributed by atoms with Gasteiger partial charge < -0.3 is 14.4 Å². The number of pyridine rings is 1. The van der Waals surface area contributed by atoms with Gasteiger partial charge in [-0.2, -0.15) is 0 Å². The normalized spacial score (nSPS) is 14.3. The summed E-state index contributed by atoms with van der Waals surface area (Å²) in [4.78, 5) is 22.1. The molecular formula is C25H23ClN4O. The Hall–Kier alpha value is -3.31. The van der Waals surface area contributed by atoms with Gasteiger partial charge in [-0.05, 0) is 42.6 Å². The minimum absolute atomic E-state index is 0.0715. The van der Waals surface area contributed by atoms with Crippen LogP contribution in [0.4, 0.5) is 5.69 Å². The van der Waals surface area contributed by atoms with E-state index in [1.807, 2.05) is 71.2 Å². The van der Waals surface area contributed by atoms with Crippen LogP contribution in [-0.2, 0) is 0 Å². The van der Waals surface area contributed by atoms with E-state index in [-0.39, 0.29) is 5.91 Å². The highest BCUT2D eigenvalue weighted by molar-refractivity contribution is 6.30. The van der Waals surface area contributed by atoms with E-state index in [0.29, 0.717) is 13.1 Å². The zero-order chi connectivity index (χ0) is 21.4. The molecule has 1 aliphatic heterocycles. The van der Waals surface area contributed by atoms with Gasteiger partial charge in [0.1, 0.15) is 5.82 Å². The van der Waals surface area contributed by atoms with Crippen molar-refractivity contribution in [2.24, 2.45) is 0 Å². The van der Waals surface area contributed by atoms with Crippen molar-refractivity contribution in [3.8, 4) is 5.82 Å². The summed E-state index contributed by atoms with van der Waals surface area (Å²) < 4.78 is 2.01. The Morgan fingerprint density at radius 3 is 2.58 bits per heavy atom. The molecule has 0 radical (unpaired) electrons. The van der Waals surface area contributed by atoms with Crippen LogP contribution in [0.2, 0.25) is 5.02 Å². The number of aromatic nitrogens is 2. The molecule has 0 aliphatic carbocycles. The number of carbonyl (C=O) groups is 1. The maximum atomic E-state index is 13.3. The van der Waals surface area contributed by atoms with Crippen LogP contribution in [0.5, 0.6) is 0 Å². The van der Waals surface area contributed by atoms with Gasteiger partial charge >= 0.3 is 0 Å². The van der Waals surface area contributed by atoms with Gasteiger partial charge in [0, 0.05) is 60.4 Å². The molecule has 2 aromatic carbocycles. The second kappa shape index (κ2) is 8.08. The van der Waals surface area contributed by atoms with Crippen LogP contribution in [0.25, 0.3) is 16.6 Å². The van der Waals surface area contributed by atoms with Gasteiger partial charge in [0.15, 0.2) is 0 Å². The lowest BCUT2D eigenvalue weighted by Gasteiger charge is -2.36. The fourth-order valence-corrected chi connectivity index (χ4v) is 4.46. The molecule has 6 heteroatoms. The predicted octanol–water partition coefficient (Wildman–Crippen LogP) is 4.95. The molecule has 4 aromatic rings. The molecular weight excluding hydrogens is 408 g/mol. The van der Waals surface area contributed by atoms with Gasteiger partial charge in [0.25, 0.3) is 5.91 Å². The summed E-state index contributed by atoms with van der Waals surface area (Å²) in [5.74, 6) is 0.919. The highest BCUT2D eigenvalue weighted by Gasteiger charge is 2.25. The van der Waals surface area contributed by atoms with E-state index in [0.717, 1.165) is 51.6 Å². The molecule has 1 saturated heterocycles. The number of rotatable bonds is 3. The number of hydrogen-bond acceptors (Lipinski definition) is 3. The minimum Gasteiger partial charge on any atom is -0.368 e. The SMILES string of the molecule is Cc1c(C(=O)N2CCN(c3cccc(Cl)c3)CC2)ccn1-c1nccc2ccccc12. The molecule has 0 spiro atoms. The van der Waals surface area contributed by atoms with E-state index in [2.05, 4.69) is 28.1 Å². The maximum Gasteiger partial charge on any atom is 0.255 e. The van der Waals surface area contributed by atoms with Crippen LogP contribution in [0, 0.1) is 6.92 Å². The summed E-state index contributed by atoms with van der Waals surface area (Å²) in [5, 5.41) is 2.93. The van der Waals surface area contributed by atoms with Crippen LogP contribution >= 0.6 is 11.6 Å². The van der Waals surface area contributed by atoms with Crippen molar-refractivity contribution in [3.63, 3.8) is 0 Å². The number of halogens is 1. The third kappa shape index (κ3) is 3.66. The van der Waals surface area contributed by atoms with Gasteiger partial charge in [0.05, 0.1) is 5.56 Å². The monoisotopic (exact) mass is 430 g/mol. The van der Waals surface area contributed by atoms with Crippen molar-refractivity contribution < 1.29 is 4.79 Å². The van der Waals surface area contributed by atoms with Gasteiger partial charge in [-0.1, -0.05) is 41.9 Å². The van der Waals surface area contributed by atoms with Gasteiger partial charge in [-0.3, -0.25) is 4.79 Å². The fourth-order valence-electron chi connectivity index (χ4n) is 4.27. The topological polar surface area (TPSA) is 41.4 Å². The Balaban J connectivity index is 1.36. The Labute approximate surface area is 186 Å². The summed E-state index contributed by atoms with van der Waals surface area (Å²) >= 11 is 6.13. The summed E-state index contributed by atoms with van der Waals surface area (Å²) in [6.07, 6.45) is 3.76. The largest absolute Gasteiger partial charge is 0.368 e. The molecule has 1 aliphatic rings. The summed E-state index contributed by atoms with van der Waals surface area (Å²) in [6.45, 7) is 4.93. The lowest BCUT2D eigenvalue weighted by Crippen LogP contribution is -2.48. The quantitative estimate of drug-likeness (QED) is 0.461. The molecule has 0 N–H and O–H groups in total. The lowest BCUT2D eigenvalue weighted by molar-refractivity contribution is 0.0746. The van der Waals surface area contributed by atoms with E-state index < -0.39 is 0 Å². The zero-order valence-electron chi connectivity index (χ0n) is 17.3. The fraction of sp³-hybridized carbons (Fsp3) is 0.200. The van der Waals surface area contributed by atoms with Crippen LogP contribution in [0.15, 0.2) is 73.1 Å². The third-order valence-corrected chi connectivity index (χ3v) is 6.23. The number of amides is 1. The molecule has 31 heavy (non-hydrogen) atoms. The molecule has 0 unspecified atom stereocenters. The standard InChI is InChI=1S/C25H23ClN4O/c1-18-22(10-12-30(18)24-23-8-3-2-5-19(23)9-11-27-24)25(31)29-15-13-28(14-16-29)21-7-4-6-20(26)17-21/h2-12,17H,13-16H2,1H3. The van der Waals surface area contributed by atoms with Crippen LogP contribution in [0.1, 0.15) is 16.1 Å². The number of nitrogens with zero attached hydrogens (tertiary/aromatic N) is 4. The maximum absolute atomic E-state index is 13.3. The summed E-state index contributed by atoms with van der Waals surface area (Å²) in [5.41, 5.74) is 2.74. The average Bonchev–Trinajstić information content (AvgIpc) is 3.19. The molecule has 3 heterocycles. The third-order valence-electron chi connectivity index (χ3n) is 5.99. The Bertz CT molecular complexity index is 1250. The highest BCUT2D eigenvalue weighted by Crippen LogP contribution is 2.25. The first-order valence-corrected chi connectivity index (χ1v) is 10.8. The van der Waals surface area contributed by atoms with E-state index in [1.165, 1.54) is 0 Å². The van der Waals surface area contributed by atoms with E-state index in [1.54, 1.807) is 0 Å². The van der Waals surface area contributed by atoms with Crippen molar-refractivity contribution >= 4 is 34.0 Å². The van der Waals surface area contributed by atoms with Crippen LogP contribution in [-0.4, -0.2) is 46.5 Å². The van der Waals surface area contributed by atoms with Crippen LogP contribution in [0.3, 0.4) is 0 Å². The predicted molar refractivity (Wildman–Crippen MR) is 125 cm³/mol. The number of carbonyl (C=O) groups excluding carboxylic acids is 1. The van der Waals surface area contributed by atoms with Crippen molar-refractivity contribution in [1.29, 1.82) is 0 Å². The zero-order valence-corrected chi connectivity index (χ0v) is 18.1. The number of fused-ring (bicyclic) bond motifs is 1. The Kier molecular flexibility index (Phi) is 5.12. The molecule has 0 saturated carbocycles. The number of benzene rings is 2. The second-order valence-electron chi connectivity index (χ2n) is 7.80. The highest BCUT2D eigenvalue weighted by atomic mass is 35.5. The molecule has 0 atom stereocenters. The summed E-state index contributed by atoms with van der Waals surface area (Å²) in [7, 11) is 0. The molecule has 5 rings (SSSR count). The molecule has 1 amide bonds. The van der Waals surface area contributed by atoms with Crippen molar-refractivity contribution in [1.82, 2.24) is 14.5 Å². The smallest absolute Gasteiger partial charge is 0.255 e. The van der Waals surface area contributed by atoms with Gasteiger partial charge in [0.2, 0.25) is 0 Å². The average molecular weight is 431 g/mol. The molecule has 2 aromatic heterocycles. The van der Waals surface area contributed by atoms with Crippen molar-refractivity contribution in [2.75, 3.05) is 31.1 Å². The van der Waals surface area contributed by atoms with E-state index >= 15 is 0 Å². The first kappa shape index (κ1) is 19.6. The first-order chi connectivity index (χ1) is 15.1. The number of hydrogen-bond donors (Lipinski definition) is 0. The Morgan fingerprint density at radius 1 is 0.968 bits per heavy atom. The summed E-state index contributed by atoms with van der Waals surface area (Å²) in [6, 6.07) is 20.0. The molecule has 1 fully saturated rings. The molecule has 5 nitrogen and oxygen atoms in total. The molecule has 156 valence electrons. The van der Waals surface area contributed by atoms with E-state index in [4.69, 9.17) is 11.6 Å². The van der Waals surface area contributed by atoms with Gasteiger partial charge in [-0.15, -0.1) is 0 Å².